The van der Waals surface area contributed by atoms with E-state index in [2.05, 4.69) is 52.4 Å². The quantitative estimate of drug-likeness (QED) is 0.839. The standard InChI is InChI=1S/C14H13BrClN/c1-10-5-7-11(8-6-10)9-17-13-4-2-3-12(16)14(13)15/h2-8,17H,9H2,1H3. The highest BCUT2D eigenvalue weighted by Crippen LogP contribution is 2.30. The second kappa shape index (κ2) is 5.56. The molecule has 0 fully saturated rings. The normalized spacial score (nSPS) is 10.3. The van der Waals surface area contributed by atoms with Crippen LogP contribution in [0.4, 0.5) is 5.69 Å². The lowest BCUT2D eigenvalue weighted by atomic mass is 10.1. The lowest BCUT2D eigenvalue weighted by molar-refractivity contribution is 1.14. The van der Waals surface area contributed by atoms with Crippen molar-refractivity contribution in [3.05, 3.63) is 63.1 Å². The van der Waals surface area contributed by atoms with Gasteiger partial charge in [0.2, 0.25) is 0 Å². The van der Waals surface area contributed by atoms with Gasteiger partial charge in [-0.2, -0.15) is 0 Å². The van der Waals surface area contributed by atoms with Gasteiger partial charge in [0.05, 0.1) is 15.2 Å². The highest BCUT2D eigenvalue weighted by atomic mass is 79.9. The number of benzene rings is 2. The zero-order valence-corrected chi connectivity index (χ0v) is 11.8. The van der Waals surface area contributed by atoms with Crippen LogP contribution in [0.15, 0.2) is 46.9 Å². The van der Waals surface area contributed by atoms with E-state index < -0.39 is 0 Å². The first kappa shape index (κ1) is 12.5. The summed E-state index contributed by atoms with van der Waals surface area (Å²) in [7, 11) is 0. The van der Waals surface area contributed by atoms with Gasteiger partial charge >= 0.3 is 0 Å². The summed E-state index contributed by atoms with van der Waals surface area (Å²) in [6.07, 6.45) is 0. The van der Waals surface area contributed by atoms with E-state index >= 15 is 0 Å². The van der Waals surface area contributed by atoms with Crippen LogP contribution in [0, 0.1) is 6.92 Å². The van der Waals surface area contributed by atoms with Crippen molar-refractivity contribution in [1.82, 2.24) is 0 Å². The molecule has 0 radical (unpaired) electrons. The second-order valence-corrected chi connectivity index (χ2v) is 5.14. The van der Waals surface area contributed by atoms with Gasteiger partial charge in [0.1, 0.15) is 0 Å². The van der Waals surface area contributed by atoms with E-state index in [-0.39, 0.29) is 0 Å². The minimum absolute atomic E-state index is 0.721. The van der Waals surface area contributed by atoms with Gasteiger partial charge in [0.15, 0.2) is 0 Å². The SMILES string of the molecule is Cc1ccc(CNc2cccc(Cl)c2Br)cc1. The third-order valence-electron chi connectivity index (χ3n) is 2.56. The fourth-order valence-electron chi connectivity index (χ4n) is 1.54. The summed E-state index contributed by atoms with van der Waals surface area (Å²) in [4.78, 5) is 0. The lowest BCUT2D eigenvalue weighted by Gasteiger charge is -2.09. The maximum atomic E-state index is 6.03. The van der Waals surface area contributed by atoms with Gasteiger partial charge in [-0.15, -0.1) is 0 Å². The van der Waals surface area contributed by atoms with Gasteiger partial charge < -0.3 is 5.32 Å². The number of aryl methyl sites for hydroxylation is 1. The van der Waals surface area contributed by atoms with Crippen molar-refractivity contribution < 1.29 is 0 Å². The molecule has 88 valence electrons. The first-order chi connectivity index (χ1) is 8.16. The van der Waals surface area contributed by atoms with Crippen LogP contribution >= 0.6 is 27.5 Å². The topological polar surface area (TPSA) is 12.0 Å². The molecule has 0 heterocycles. The molecule has 1 nitrogen and oxygen atoms in total. The van der Waals surface area contributed by atoms with E-state index in [1.807, 2.05) is 18.2 Å². The largest absolute Gasteiger partial charge is 0.380 e. The summed E-state index contributed by atoms with van der Waals surface area (Å²) in [6.45, 7) is 2.88. The van der Waals surface area contributed by atoms with Crippen molar-refractivity contribution in [3.63, 3.8) is 0 Å². The van der Waals surface area contributed by atoms with Crippen molar-refractivity contribution in [3.8, 4) is 0 Å². The Bertz CT molecular complexity index is 508. The molecule has 2 aromatic carbocycles. The van der Waals surface area contributed by atoms with Crippen LogP contribution in [0.2, 0.25) is 5.02 Å². The van der Waals surface area contributed by atoms with Crippen LogP contribution < -0.4 is 5.32 Å². The molecule has 0 unspecified atom stereocenters. The van der Waals surface area contributed by atoms with Crippen LogP contribution in [0.25, 0.3) is 0 Å². The number of nitrogens with one attached hydrogen (secondary N) is 1. The maximum Gasteiger partial charge on any atom is 0.0593 e. The first-order valence-electron chi connectivity index (χ1n) is 5.40. The Labute approximate surface area is 115 Å². The van der Waals surface area contributed by atoms with E-state index in [1.165, 1.54) is 11.1 Å². The van der Waals surface area contributed by atoms with E-state index in [9.17, 15) is 0 Å². The average molecular weight is 311 g/mol. The number of anilines is 1. The molecule has 0 aliphatic carbocycles. The van der Waals surface area contributed by atoms with Crippen molar-refractivity contribution >= 4 is 33.2 Å². The molecule has 1 N–H and O–H groups in total. The molecule has 2 rings (SSSR count). The van der Waals surface area contributed by atoms with Crippen LogP contribution in [0.5, 0.6) is 0 Å². The van der Waals surface area contributed by atoms with Crippen LogP contribution in [-0.2, 0) is 6.54 Å². The molecule has 17 heavy (non-hydrogen) atoms. The molecular formula is C14H13BrClN. The predicted octanol–water partition coefficient (Wildman–Crippen LogP) is 5.02. The zero-order valence-electron chi connectivity index (χ0n) is 9.50. The molecule has 0 amide bonds. The molecule has 0 atom stereocenters. The number of halogens is 2. The third kappa shape index (κ3) is 3.24. The molecule has 0 saturated heterocycles. The van der Waals surface area contributed by atoms with Gasteiger partial charge in [-0.25, -0.2) is 0 Å². The Morgan fingerprint density at radius 3 is 2.53 bits per heavy atom. The van der Waals surface area contributed by atoms with Gasteiger partial charge in [0, 0.05) is 6.54 Å². The van der Waals surface area contributed by atoms with Gasteiger partial charge in [-0.05, 0) is 40.5 Å². The molecule has 0 aromatic heterocycles. The Kier molecular flexibility index (Phi) is 4.08. The third-order valence-corrected chi connectivity index (χ3v) is 3.95. The van der Waals surface area contributed by atoms with Gasteiger partial charge in [-0.3, -0.25) is 0 Å². The van der Waals surface area contributed by atoms with E-state index in [1.54, 1.807) is 0 Å². The fraction of sp³-hybridized carbons (Fsp3) is 0.143. The summed E-state index contributed by atoms with van der Waals surface area (Å²) in [5.74, 6) is 0. The highest BCUT2D eigenvalue weighted by molar-refractivity contribution is 9.10. The monoisotopic (exact) mass is 309 g/mol. The van der Waals surface area contributed by atoms with Crippen LogP contribution in [-0.4, -0.2) is 0 Å². The molecule has 0 aliphatic heterocycles. The summed E-state index contributed by atoms with van der Waals surface area (Å²) >= 11 is 9.50. The Morgan fingerprint density at radius 1 is 1.12 bits per heavy atom. The molecule has 2 aromatic rings. The summed E-state index contributed by atoms with van der Waals surface area (Å²) in [5, 5.41) is 4.08. The molecular weight excluding hydrogens is 298 g/mol. The Hall–Kier alpha value is -0.990. The van der Waals surface area contributed by atoms with Crippen LogP contribution in [0.3, 0.4) is 0 Å². The number of hydrogen-bond acceptors (Lipinski definition) is 1. The maximum absolute atomic E-state index is 6.03. The molecule has 0 saturated carbocycles. The summed E-state index contributed by atoms with van der Waals surface area (Å²) in [6, 6.07) is 14.3. The lowest BCUT2D eigenvalue weighted by Crippen LogP contribution is -2.00. The van der Waals surface area contributed by atoms with E-state index in [4.69, 9.17) is 11.6 Å². The zero-order chi connectivity index (χ0) is 12.3. The second-order valence-electron chi connectivity index (χ2n) is 3.94. The fourth-order valence-corrected chi connectivity index (χ4v) is 2.12. The smallest absolute Gasteiger partial charge is 0.0593 e. The van der Waals surface area contributed by atoms with Gasteiger partial charge in [-0.1, -0.05) is 47.5 Å². The highest BCUT2D eigenvalue weighted by Gasteiger charge is 2.02. The molecule has 0 bridgehead atoms. The predicted molar refractivity (Wildman–Crippen MR) is 77.7 cm³/mol. The first-order valence-corrected chi connectivity index (χ1v) is 6.57. The summed E-state index contributed by atoms with van der Waals surface area (Å²) < 4.78 is 0.911. The van der Waals surface area contributed by atoms with Crippen molar-refractivity contribution in [2.75, 3.05) is 5.32 Å². The minimum Gasteiger partial charge on any atom is -0.380 e. The van der Waals surface area contributed by atoms with Crippen molar-refractivity contribution in [2.45, 2.75) is 13.5 Å². The van der Waals surface area contributed by atoms with E-state index in [0.717, 1.165) is 21.7 Å². The Morgan fingerprint density at radius 2 is 1.82 bits per heavy atom. The molecule has 0 spiro atoms. The molecule has 3 heteroatoms. The molecule has 0 aliphatic rings. The average Bonchev–Trinajstić information content (AvgIpc) is 2.33. The Balaban J connectivity index is 2.07. The van der Waals surface area contributed by atoms with Crippen molar-refractivity contribution in [1.29, 1.82) is 0 Å². The number of hydrogen-bond donors (Lipinski definition) is 1. The van der Waals surface area contributed by atoms with Crippen molar-refractivity contribution in [2.24, 2.45) is 0 Å². The van der Waals surface area contributed by atoms with Gasteiger partial charge in [0.25, 0.3) is 0 Å². The van der Waals surface area contributed by atoms with E-state index in [0.29, 0.717) is 0 Å². The summed E-state index contributed by atoms with van der Waals surface area (Å²) in [5.41, 5.74) is 3.54. The van der Waals surface area contributed by atoms with Crippen LogP contribution in [0.1, 0.15) is 11.1 Å². The number of rotatable bonds is 3. The minimum atomic E-state index is 0.721.